The minimum atomic E-state index is -0.195. The maximum absolute atomic E-state index is 11.6. The topological polar surface area (TPSA) is 73.4 Å². The maximum atomic E-state index is 11.6. The van der Waals surface area contributed by atoms with Gasteiger partial charge in [-0.15, -0.1) is 0 Å². The average Bonchev–Trinajstić information content (AvgIpc) is 2.53. The molecular weight excluding hydrogens is 340 g/mol. The highest BCUT2D eigenvalue weighted by molar-refractivity contribution is 7.98. The van der Waals surface area contributed by atoms with Gasteiger partial charge >= 0.3 is 0 Å². The van der Waals surface area contributed by atoms with Crippen LogP contribution in [0.25, 0.3) is 0 Å². The number of hydrogen-bond donors (Lipinski definition) is 1. The van der Waals surface area contributed by atoms with Crippen LogP contribution in [0.15, 0.2) is 28.2 Å². The summed E-state index contributed by atoms with van der Waals surface area (Å²) in [6.45, 7) is 1.00. The fourth-order valence-electron chi connectivity index (χ4n) is 2.24. The number of aromatic amines is 1. The van der Waals surface area contributed by atoms with E-state index in [2.05, 4.69) is 9.97 Å². The van der Waals surface area contributed by atoms with Crippen LogP contribution in [0.2, 0.25) is 5.02 Å². The summed E-state index contributed by atoms with van der Waals surface area (Å²) in [4.78, 5) is 18.7. The van der Waals surface area contributed by atoms with E-state index < -0.39 is 0 Å². The van der Waals surface area contributed by atoms with Crippen LogP contribution >= 0.6 is 23.4 Å². The number of methoxy groups -OCH3 is 1. The van der Waals surface area contributed by atoms with E-state index in [4.69, 9.17) is 25.8 Å². The number of halogens is 1. The number of H-pyrrole nitrogens is 1. The third-order valence-corrected chi connectivity index (χ3v) is 4.39. The number of rotatable bonds is 5. The average molecular weight is 355 g/mol. The zero-order chi connectivity index (χ0) is 16.2. The highest BCUT2D eigenvalue weighted by Gasteiger charge is 2.16. The molecule has 23 heavy (non-hydrogen) atoms. The molecule has 1 N–H and O–H groups in total. The number of nitrogens with zero attached hydrogens (tertiary/aromatic N) is 1. The summed E-state index contributed by atoms with van der Waals surface area (Å²) in [5.74, 6) is 1.30. The van der Waals surface area contributed by atoms with Crippen molar-refractivity contribution in [2.45, 2.75) is 24.1 Å². The summed E-state index contributed by atoms with van der Waals surface area (Å²) in [6, 6.07) is 5.28. The lowest BCUT2D eigenvalue weighted by molar-refractivity contribution is -0.0163. The van der Waals surface area contributed by atoms with Crippen molar-refractivity contribution in [2.24, 2.45) is 0 Å². The van der Waals surface area contributed by atoms with Gasteiger partial charge in [0.25, 0.3) is 5.56 Å². The van der Waals surface area contributed by atoms with Gasteiger partial charge in [-0.05, 0) is 17.7 Å². The van der Waals surface area contributed by atoms with Gasteiger partial charge in [0.2, 0.25) is 0 Å². The Morgan fingerprint density at radius 1 is 1.43 bits per heavy atom. The number of fused-ring (bicyclic) bond motifs is 1. The summed E-state index contributed by atoms with van der Waals surface area (Å²) >= 11 is 7.67. The molecule has 0 atom stereocenters. The number of aromatic nitrogens is 2. The van der Waals surface area contributed by atoms with Crippen LogP contribution in [-0.4, -0.2) is 23.9 Å². The van der Waals surface area contributed by atoms with Gasteiger partial charge in [-0.3, -0.25) is 4.79 Å². The first kappa shape index (κ1) is 16.3. The summed E-state index contributed by atoms with van der Waals surface area (Å²) in [5, 5.41) is 1.11. The SMILES string of the molecule is COCc1cc(=O)[nH]c(SCc2cc(Cl)c3c(c2)COCO3)n1. The molecule has 6 nitrogen and oxygen atoms in total. The van der Waals surface area contributed by atoms with Crippen LogP contribution in [0, 0.1) is 0 Å². The Hall–Kier alpha value is -1.54. The lowest BCUT2D eigenvalue weighted by atomic mass is 10.1. The molecule has 0 radical (unpaired) electrons. The summed E-state index contributed by atoms with van der Waals surface area (Å²) in [6.07, 6.45) is 0. The molecule has 3 rings (SSSR count). The molecule has 0 fully saturated rings. The second kappa shape index (κ2) is 7.35. The summed E-state index contributed by atoms with van der Waals surface area (Å²) < 4.78 is 15.7. The van der Waals surface area contributed by atoms with Crippen molar-refractivity contribution in [1.29, 1.82) is 0 Å². The highest BCUT2D eigenvalue weighted by atomic mass is 35.5. The molecule has 2 aromatic rings. The molecule has 8 heteroatoms. The zero-order valence-corrected chi connectivity index (χ0v) is 14.0. The number of nitrogens with one attached hydrogen (secondary N) is 1. The van der Waals surface area contributed by atoms with E-state index >= 15 is 0 Å². The summed E-state index contributed by atoms with van der Waals surface area (Å²) in [5.41, 5.74) is 2.34. The Morgan fingerprint density at radius 2 is 2.30 bits per heavy atom. The Morgan fingerprint density at radius 3 is 3.13 bits per heavy atom. The van der Waals surface area contributed by atoms with E-state index in [1.165, 1.54) is 17.8 Å². The second-order valence-corrected chi connectivity index (χ2v) is 6.31. The van der Waals surface area contributed by atoms with Gasteiger partial charge in [-0.25, -0.2) is 4.98 Å². The van der Waals surface area contributed by atoms with Crippen molar-refractivity contribution in [3.8, 4) is 5.75 Å². The Kier molecular flexibility index (Phi) is 5.22. The molecule has 1 aliphatic heterocycles. The lowest BCUT2D eigenvalue weighted by Gasteiger charge is -2.19. The van der Waals surface area contributed by atoms with E-state index in [0.717, 1.165) is 11.1 Å². The number of thioether (sulfide) groups is 1. The van der Waals surface area contributed by atoms with Gasteiger partial charge in [0, 0.05) is 24.5 Å². The predicted molar refractivity (Wildman–Crippen MR) is 86.9 cm³/mol. The standard InChI is InChI=1S/C15H15ClN2O4S/c1-20-6-11-4-13(19)18-15(17-11)23-7-9-2-10-5-21-8-22-14(10)12(16)3-9/h2-4H,5-8H2,1H3,(H,17,18,19). The molecule has 0 saturated heterocycles. The molecule has 0 aliphatic carbocycles. The van der Waals surface area contributed by atoms with Crippen LogP contribution in [0.3, 0.4) is 0 Å². The zero-order valence-electron chi connectivity index (χ0n) is 12.4. The quantitative estimate of drug-likeness (QED) is 0.657. The van der Waals surface area contributed by atoms with Crippen molar-refractivity contribution in [3.63, 3.8) is 0 Å². The number of hydrogen-bond acceptors (Lipinski definition) is 6. The normalized spacial score (nSPS) is 13.5. The second-order valence-electron chi connectivity index (χ2n) is 4.94. The van der Waals surface area contributed by atoms with Gasteiger partial charge in [0.1, 0.15) is 5.75 Å². The molecular formula is C15H15ClN2O4S. The van der Waals surface area contributed by atoms with Gasteiger partial charge in [-0.2, -0.15) is 0 Å². The fourth-order valence-corrected chi connectivity index (χ4v) is 3.38. The number of ether oxygens (including phenoxy) is 3. The van der Waals surface area contributed by atoms with E-state index in [9.17, 15) is 4.79 Å². The molecule has 0 spiro atoms. The van der Waals surface area contributed by atoms with Crippen molar-refractivity contribution in [3.05, 3.63) is 50.4 Å². The number of benzene rings is 1. The minimum Gasteiger partial charge on any atom is -0.466 e. The third-order valence-electron chi connectivity index (χ3n) is 3.17. The van der Waals surface area contributed by atoms with Gasteiger partial charge in [0.15, 0.2) is 11.9 Å². The molecule has 1 aliphatic rings. The predicted octanol–water partition coefficient (Wildman–Crippen LogP) is 2.73. The lowest BCUT2D eigenvalue weighted by Crippen LogP contribution is -2.12. The third kappa shape index (κ3) is 4.06. The van der Waals surface area contributed by atoms with E-state index in [1.807, 2.05) is 12.1 Å². The van der Waals surface area contributed by atoms with Crippen LogP contribution in [0.1, 0.15) is 16.8 Å². The highest BCUT2D eigenvalue weighted by Crippen LogP contribution is 2.34. The van der Waals surface area contributed by atoms with Gasteiger partial charge < -0.3 is 19.2 Å². The molecule has 0 saturated carbocycles. The fraction of sp³-hybridized carbons (Fsp3) is 0.333. The van der Waals surface area contributed by atoms with Crippen LogP contribution in [-0.2, 0) is 28.4 Å². The van der Waals surface area contributed by atoms with Crippen LogP contribution < -0.4 is 10.3 Å². The molecule has 0 unspecified atom stereocenters. The minimum absolute atomic E-state index is 0.195. The van der Waals surface area contributed by atoms with Crippen LogP contribution in [0.5, 0.6) is 5.75 Å². The van der Waals surface area contributed by atoms with Crippen molar-refractivity contribution in [2.75, 3.05) is 13.9 Å². The first-order chi connectivity index (χ1) is 11.2. The van der Waals surface area contributed by atoms with E-state index in [1.54, 1.807) is 7.11 Å². The smallest absolute Gasteiger partial charge is 0.251 e. The molecule has 122 valence electrons. The molecule has 1 aromatic heterocycles. The van der Waals surface area contributed by atoms with Crippen molar-refractivity contribution in [1.82, 2.24) is 9.97 Å². The van der Waals surface area contributed by atoms with Crippen molar-refractivity contribution >= 4 is 23.4 Å². The van der Waals surface area contributed by atoms with Crippen molar-refractivity contribution < 1.29 is 14.2 Å². The van der Waals surface area contributed by atoms with Crippen LogP contribution in [0.4, 0.5) is 0 Å². The maximum Gasteiger partial charge on any atom is 0.251 e. The Labute approximate surface area is 142 Å². The summed E-state index contributed by atoms with van der Waals surface area (Å²) in [7, 11) is 1.56. The molecule has 2 heterocycles. The molecule has 0 bridgehead atoms. The largest absolute Gasteiger partial charge is 0.466 e. The Bertz CT molecular complexity index is 766. The van der Waals surface area contributed by atoms with E-state index in [0.29, 0.717) is 40.6 Å². The Balaban J connectivity index is 1.76. The molecule has 0 amide bonds. The monoisotopic (exact) mass is 354 g/mol. The van der Waals surface area contributed by atoms with Gasteiger partial charge in [-0.1, -0.05) is 23.4 Å². The first-order valence-electron chi connectivity index (χ1n) is 6.89. The van der Waals surface area contributed by atoms with Gasteiger partial charge in [0.05, 0.1) is 23.9 Å². The first-order valence-corrected chi connectivity index (χ1v) is 8.26. The van der Waals surface area contributed by atoms with E-state index in [-0.39, 0.29) is 12.4 Å². The molecule has 1 aromatic carbocycles.